The van der Waals surface area contributed by atoms with Crippen LogP contribution >= 0.6 is 0 Å². The summed E-state index contributed by atoms with van der Waals surface area (Å²) in [6.07, 6.45) is 2.56. The molecule has 7 nitrogen and oxygen atoms in total. The average molecular weight is 532 g/mol. The van der Waals surface area contributed by atoms with Crippen LogP contribution in [-0.4, -0.2) is 53.3 Å². The minimum absolute atomic E-state index is 0.195. The van der Waals surface area contributed by atoms with Gasteiger partial charge >= 0.3 is 0 Å². The lowest BCUT2D eigenvalue weighted by atomic mass is 9.99. The predicted octanol–water partition coefficient (Wildman–Crippen LogP) is 5.10. The number of nitrogens with one attached hydrogen (secondary N) is 2. The third-order valence-electron chi connectivity index (χ3n) is 7.37. The molecule has 2 aromatic heterocycles. The van der Waals surface area contributed by atoms with E-state index in [4.69, 9.17) is 4.42 Å². The van der Waals surface area contributed by atoms with Crippen LogP contribution in [0.1, 0.15) is 33.2 Å². The molecular formula is C33H33N5O2. The van der Waals surface area contributed by atoms with Gasteiger partial charge < -0.3 is 15.1 Å². The van der Waals surface area contributed by atoms with Crippen LogP contribution in [0.5, 0.6) is 0 Å². The van der Waals surface area contributed by atoms with Gasteiger partial charge in [0.25, 0.3) is 5.91 Å². The number of carbonyl (C=O) groups is 1. The van der Waals surface area contributed by atoms with Crippen LogP contribution in [0.25, 0.3) is 17.1 Å². The molecule has 40 heavy (non-hydrogen) atoms. The van der Waals surface area contributed by atoms with Crippen LogP contribution in [0.4, 0.5) is 0 Å². The van der Waals surface area contributed by atoms with Gasteiger partial charge in [0.2, 0.25) is 0 Å². The molecule has 7 heteroatoms. The molecule has 1 fully saturated rings. The highest BCUT2D eigenvalue weighted by molar-refractivity contribution is 5.93. The molecule has 6 rings (SSSR count). The first-order valence-corrected chi connectivity index (χ1v) is 13.8. The zero-order valence-corrected chi connectivity index (χ0v) is 22.4. The Kier molecular flexibility index (Phi) is 7.84. The van der Waals surface area contributed by atoms with Gasteiger partial charge in [0.05, 0.1) is 12.0 Å². The van der Waals surface area contributed by atoms with E-state index >= 15 is 0 Å². The molecule has 1 aliphatic rings. The molecule has 0 radical (unpaired) electrons. The first-order chi connectivity index (χ1) is 19.7. The Morgan fingerprint density at radius 1 is 0.925 bits per heavy atom. The van der Waals surface area contributed by atoms with Crippen molar-refractivity contribution in [2.75, 3.05) is 32.7 Å². The van der Waals surface area contributed by atoms with Crippen molar-refractivity contribution in [1.29, 1.82) is 0 Å². The van der Waals surface area contributed by atoms with Gasteiger partial charge in [-0.25, -0.2) is 4.68 Å². The van der Waals surface area contributed by atoms with E-state index < -0.39 is 0 Å². The highest BCUT2D eigenvalue weighted by Crippen LogP contribution is 2.25. The lowest BCUT2D eigenvalue weighted by molar-refractivity contribution is 0.0933. The van der Waals surface area contributed by atoms with Crippen LogP contribution < -0.4 is 10.6 Å². The van der Waals surface area contributed by atoms with E-state index in [1.54, 1.807) is 17.0 Å². The zero-order valence-electron chi connectivity index (χ0n) is 22.4. The maximum atomic E-state index is 13.1. The Hall–Kier alpha value is -4.46. The molecule has 1 aliphatic heterocycles. The zero-order chi connectivity index (χ0) is 27.1. The molecule has 5 aromatic rings. The van der Waals surface area contributed by atoms with E-state index in [0.717, 1.165) is 44.0 Å². The van der Waals surface area contributed by atoms with Crippen LogP contribution in [-0.2, 0) is 6.42 Å². The van der Waals surface area contributed by atoms with Gasteiger partial charge in [-0.2, -0.15) is 5.10 Å². The maximum absolute atomic E-state index is 13.1. The largest absolute Gasteiger partial charge is 0.463 e. The lowest BCUT2D eigenvalue weighted by Gasteiger charge is -2.36. The molecular weight excluding hydrogens is 498 g/mol. The number of piperazine rings is 1. The van der Waals surface area contributed by atoms with Crippen molar-refractivity contribution in [2.24, 2.45) is 0 Å². The number of hydrogen-bond acceptors (Lipinski definition) is 5. The second-order valence-electron chi connectivity index (χ2n) is 10.1. The fraction of sp³-hybridized carbons (Fsp3) is 0.212. The van der Waals surface area contributed by atoms with Crippen molar-refractivity contribution in [3.05, 3.63) is 132 Å². The summed E-state index contributed by atoms with van der Waals surface area (Å²) in [6, 6.07) is 35.0. The number of hydrogen-bond donors (Lipinski definition) is 2. The summed E-state index contributed by atoms with van der Waals surface area (Å²) < 4.78 is 7.37. The van der Waals surface area contributed by atoms with E-state index in [9.17, 15) is 4.79 Å². The Morgan fingerprint density at radius 3 is 2.42 bits per heavy atom. The molecule has 0 bridgehead atoms. The number of rotatable bonds is 9. The number of nitrogens with zero attached hydrogens (tertiary/aromatic N) is 3. The predicted molar refractivity (Wildman–Crippen MR) is 156 cm³/mol. The molecule has 1 unspecified atom stereocenters. The summed E-state index contributed by atoms with van der Waals surface area (Å²) in [7, 11) is 0. The smallest absolute Gasteiger partial charge is 0.271 e. The first-order valence-electron chi connectivity index (χ1n) is 13.8. The second kappa shape index (κ2) is 12.2. The summed E-state index contributed by atoms with van der Waals surface area (Å²) in [5.74, 6) is 0.466. The Balaban J connectivity index is 1.10. The monoisotopic (exact) mass is 531 g/mol. The minimum atomic E-state index is -0.195. The highest BCUT2D eigenvalue weighted by atomic mass is 16.3. The summed E-state index contributed by atoms with van der Waals surface area (Å²) in [5, 5.41) is 11.2. The Labute approximate surface area is 234 Å². The lowest BCUT2D eigenvalue weighted by Crippen LogP contribution is -2.48. The summed E-state index contributed by atoms with van der Waals surface area (Å²) in [4.78, 5) is 15.6. The van der Waals surface area contributed by atoms with Gasteiger partial charge in [0.1, 0.15) is 5.69 Å². The van der Waals surface area contributed by atoms with Gasteiger partial charge in [0.15, 0.2) is 11.5 Å². The third-order valence-corrected chi connectivity index (χ3v) is 7.37. The molecule has 0 spiro atoms. The van der Waals surface area contributed by atoms with Crippen LogP contribution in [0.15, 0.2) is 114 Å². The van der Waals surface area contributed by atoms with Gasteiger partial charge in [-0.15, -0.1) is 0 Å². The van der Waals surface area contributed by atoms with Crippen molar-refractivity contribution in [3.63, 3.8) is 0 Å². The van der Waals surface area contributed by atoms with Crippen LogP contribution in [0.2, 0.25) is 0 Å². The Morgan fingerprint density at radius 2 is 1.68 bits per heavy atom. The molecule has 2 N–H and O–H groups in total. The summed E-state index contributed by atoms with van der Waals surface area (Å²) in [6.45, 7) is 4.05. The fourth-order valence-electron chi connectivity index (χ4n) is 5.29. The number of benzene rings is 3. The molecule has 0 aliphatic carbocycles. The number of furan rings is 1. The van der Waals surface area contributed by atoms with Crippen molar-refractivity contribution in [3.8, 4) is 17.1 Å². The van der Waals surface area contributed by atoms with Crippen molar-refractivity contribution in [2.45, 2.75) is 12.5 Å². The van der Waals surface area contributed by atoms with Gasteiger partial charge in [-0.1, -0.05) is 72.8 Å². The Bertz CT molecular complexity index is 1510. The molecule has 202 valence electrons. The first kappa shape index (κ1) is 25.8. The van der Waals surface area contributed by atoms with Gasteiger partial charge in [-0.3, -0.25) is 9.69 Å². The van der Waals surface area contributed by atoms with Gasteiger partial charge in [0, 0.05) is 44.8 Å². The van der Waals surface area contributed by atoms with E-state index in [1.165, 1.54) is 16.7 Å². The van der Waals surface area contributed by atoms with E-state index in [1.807, 2.05) is 42.5 Å². The third kappa shape index (κ3) is 5.91. The fourth-order valence-corrected chi connectivity index (χ4v) is 5.29. The molecule has 3 heterocycles. The van der Waals surface area contributed by atoms with Crippen LogP contribution in [0, 0.1) is 0 Å². The summed E-state index contributed by atoms with van der Waals surface area (Å²) in [5.41, 5.74) is 5.88. The van der Waals surface area contributed by atoms with Gasteiger partial charge in [-0.05, 0) is 47.4 Å². The highest BCUT2D eigenvalue weighted by Gasteiger charge is 2.24. The average Bonchev–Trinajstić information content (AvgIpc) is 3.70. The van der Waals surface area contributed by atoms with Crippen molar-refractivity contribution in [1.82, 2.24) is 25.3 Å². The minimum Gasteiger partial charge on any atom is -0.463 e. The number of carbonyl (C=O) groups excluding carboxylic acids is 1. The van der Waals surface area contributed by atoms with E-state index in [-0.39, 0.29) is 11.9 Å². The molecule has 0 saturated carbocycles. The quantitative estimate of drug-likeness (QED) is 0.277. The molecule has 1 amide bonds. The van der Waals surface area contributed by atoms with Crippen molar-refractivity contribution >= 4 is 5.91 Å². The maximum Gasteiger partial charge on any atom is 0.271 e. The standard InChI is InChI=1S/C33H33N5O2/c39-33(29-23-30(32-12-7-21-40-32)38(36-29)28-10-5-2-6-11-28)35-18-20-37-19-17-34-24-31(37)27-15-13-26(14-16-27)22-25-8-3-1-4-9-25/h1-16,21,23,31,34H,17-20,22,24H2,(H,35,39). The van der Waals surface area contributed by atoms with Crippen molar-refractivity contribution < 1.29 is 9.21 Å². The topological polar surface area (TPSA) is 75.3 Å². The number of aromatic nitrogens is 2. The van der Waals surface area contributed by atoms with E-state index in [0.29, 0.717) is 18.0 Å². The summed E-state index contributed by atoms with van der Waals surface area (Å²) >= 11 is 0. The number of para-hydroxylation sites is 1. The molecule has 1 saturated heterocycles. The van der Waals surface area contributed by atoms with Crippen LogP contribution in [0.3, 0.4) is 0 Å². The molecule has 3 aromatic carbocycles. The van der Waals surface area contributed by atoms with E-state index in [2.05, 4.69) is 75.2 Å². The normalized spacial score (nSPS) is 15.7. The second-order valence-corrected chi connectivity index (χ2v) is 10.1. The number of amides is 1. The SMILES string of the molecule is O=C(NCCN1CCNCC1c1ccc(Cc2ccccc2)cc1)c1cc(-c2ccco2)n(-c2ccccc2)n1. The molecule has 1 atom stereocenters.